The molecule has 2 heterocycles. The van der Waals surface area contributed by atoms with Gasteiger partial charge in [-0.2, -0.15) is 5.10 Å². The second-order valence-electron chi connectivity index (χ2n) is 3.30. The quantitative estimate of drug-likeness (QED) is 0.891. The first kappa shape index (κ1) is 11.6. The third kappa shape index (κ3) is 2.28. The summed E-state index contributed by atoms with van der Waals surface area (Å²) < 4.78 is 5.03. The number of hydrogen-bond donors (Lipinski definition) is 1. The summed E-state index contributed by atoms with van der Waals surface area (Å²) in [4.78, 5) is 15.1. The van der Waals surface area contributed by atoms with Crippen LogP contribution >= 0.6 is 11.8 Å². The molecular formula is C10H9N3O3S. The maximum Gasteiger partial charge on any atom is 0.338 e. The lowest BCUT2D eigenvalue weighted by atomic mass is 10.1. The van der Waals surface area contributed by atoms with Crippen LogP contribution in [0.1, 0.15) is 21.6 Å². The maximum atomic E-state index is 11.2. The van der Waals surface area contributed by atoms with E-state index in [0.29, 0.717) is 16.5 Å². The predicted molar refractivity (Wildman–Crippen MR) is 59.1 cm³/mol. The third-order valence-electron chi connectivity index (χ3n) is 2.23. The van der Waals surface area contributed by atoms with Gasteiger partial charge >= 0.3 is 5.97 Å². The van der Waals surface area contributed by atoms with Crippen LogP contribution in [0.4, 0.5) is 0 Å². The van der Waals surface area contributed by atoms with Crippen LogP contribution in [-0.2, 0) is 0 Å². The molecule has 2 aromatic rings. The average molecular weight is 251 g/mol. The molecule has 0 spiro atoms. The van der Waals surface area contributed by atoms with Crippen LogP contribution in [0.2, 0.25) is 0 Å². The Kier molecular flexibility index (Phi) is 3.10. The summed E-state index contributed by atoms with van der Waals surface area (Å²) in [6.07, 6.45) is 2.90. The lowest BCUT2D eigenvalue weighted by Gasteiger charge is -2.06. The smallest absolute Gasteiger partial charge is 0.338 e. The van der Waals surface area contributed by atoms with Crippen molar-refractivity contribution in [1.82, 2.24) is 15.2 Å². The van der Waals surface area contributed by atoms with Crippen molar-refractivity contribution in [3.8, 4) is 0 Å². The van der Waals surface area contributed by atoms with E-state index in [2.05, 4.69) is 15.2 Å². The molecule has 0 saturated carbocycles. The monoisotopic (exact) mass is 251 g/mol. The first-order chi connectivity index (χ1) is 8.09. The van der Waals surface area contributed by atoms with Crippen molar-refractivity contribution in [3.63, 3.8) is 0 Å². The highest BCUT2D eigenvalue weighted by molar-refractivity contribution is 7.99. The van der Waals surface area contributed by atoms with Gasteiger partial charge in [-0.05, 0) is 31.2 Å². The van der Waals surface area contributed by atoms with Crippen LogP contribution < -0.4 is 0 Å². The molecule has 2 aromatic heterocycles. The first-order valence-corrected chi connectivity index (χ1v) is 5.55. The Morgan fingerprint density at radius 2 is 2.18 bits per heavy atom. The van der Waals surface area contributed by atoms with Crippen molar-refractivity contribution in [2.45, 2.75) is 24.1 Å². The number of carbonyl (C=O) groups is 1. The molecule has 0 fully saturated rings. The molecule has 0 atom stereocenters. The minimum absolute atomic E-state index is 0.140. The molecule has 0 aliphatic carbocycles. The van der Waals surface area contributed by atoms with Crippen LogP contribution in [0.5, 0.6) is 0 Å². The lowest BCUT2D eigenvalue weighted by molar-refractivity contribution is 0.0690. The van der Waals surface area contributed by atoms with Crippen molar-refractivity contribution in [2.75, 3.05) is 0 Å². The molecule has 17 heavy (non-hydrogen) atoms. The van der Waals surface area contributed by atoms with Crippen molar-refractivity contribution in [1.29, 1.82) is 0 Å². The van der Waals surface area contributed by atoms with Crippen molar-refractivity contribution < 1.29 is 14.3 Å². The Balaban J connectivity index is 2.47. The summed E-state index contributed by atoms with van der Waals surface area (Å²) >= 11 is 1.04. The number of carboxylic acid groups (broad SMARTS) is 1. The van der Waals surface area contributed by atoms with E-state index in [0.717, 1.165) is 11.8 Å². The molecule has 88 valence electrons. The molecule has 0 unspecified atom stereocenters. The fraction of sp³-hybridized carbons (Fsp3) is 0.200. The topological polar surface area (TPSA) is 89.1 Å². The molecule has 0 aliphatic heterocycles. The summed E-state index contributed by atoms with van der Waals surface area (Å²) in [7, 11) is 0. The van der Waals surface area contributed by atoms with Gasteiger partial charge in [0.05, 0.1) is 17.5 Å². The van der Waals surface area contributed by atoms with Crippen LogP contribution in [0.15, 0.2) is 27.1 Å². The fourth-order valence-corrected chi connectivity index (χ4v) is 2.06. The zero-order chi connectivity index (χ0) is 12.4. The van der Waals surface area contributed by atoms with Gasteiger partial charge in [0.1, 0.15) is 11.3 Å². The minimum atomic E-state index is -1.03. The van der Waals surface area contributed by atoms with Crippen LogP contribution in [0.3, 0.4) is 0 Å². The van der Waals surface area contributed by atoms with E-state index < -0.39 is 5.97 Å². The number of carboxylic acids is 1. The van der Waals surface area contributed by atoms with E-state index in [1.54, 1.807) is 13.8 Å². The predicted octanol–water partition coefficient (Wildman–Crippen LogP) is 1.93. The number of aromatic carboxylic acids is 1. The molecule has 7 heteroatoms. The SMILES string of the molecule is Cc1nnc(Sc2ncco2)c(C(=O)O)c1C. The third-order valence-corrected chi connectivity index (χ3v) is 3.09. The van der Waals surface area contributed by atoms with Gasteiger partial charge in [0.25, 0.3) is 5.22 Å². The van der Waals surface area contributed by atoms with Gasteiger partial charge in [-0.15, -0.1) is 5.10 Å². The molecule has 0 radical (unpaired) electrons. The van der Waals surface area contributed by atoms with Crippen LogP contribution in [-0.4, -0.2) is 26.3 Å². The van der Waals surface area contributed by atoms with Gasteiger partial charge < -0.3 is 9.52 Å². The summed E-state index contributed by atoms with van der Waals surface area (Å²) in [6, 6.07) is 0. The van der Waals surface area contributed by atoms with E-state index in [4.69, 9.17) is 9.52 Å². The number of rotatable bonds is 3. The Labute approximate surface area is 101 Å². The van der Waals surface area contributed by atoms with Crippen LogP contribution in [0, 0.1) is 13.8 Å². The number of hydrogen-bond acceptors (Lipinski definition) is 6. The first-order valence-electron chi connectivity index (χ1n) is 4.74. The summed E-state index contributed by atoms with van der Waals surface area (Å²) in [6.45, 7) is 3.42. The maximum absolute atomic E-state index is 11.2. The van der Waals surface area contributed by atoms with Gasteiger partial charge in [-0.25, -0.2) is 9.78 Å². The van der Waals surface area contributed by atoms with E-state index >= 15 is 0 Å². The Hall–Kier alpha value is -1.89. The van der Waals surface area contributed by atoms with Crippen molar-refractivity contribution >= 4 is 17.7 Å². The van der Waals surface area contributed by atoms with Gasteiger partial charge in [0.15, 0.2) is 0 Å². The Bertz CT molecular complexity index is 554. The van der Waals surface area contributed by atoms with Crippen molar-refractivity contribution in [2.24, 2.45) is 0 Å². The van der Waals surface area contributed by atoms with Gasteiger partial charge in [-0.3, -0.25) is 0 Å². The van der Waals surface area contributed by atoms with E-state index in [1.807, 2.05) is 0 Å². The average Bonchev–Trinajstić information content (AvgIpc) is 2.76. The molecule has 6 nitrogen and oxygen atoms in total. The Morgan fingerprint density at radius 3 is 2.76 bits per heavy atom. The normalized spacial score (nSPS) is 10.5. The summed E-state index contributed by atoms with van der Waals surface area (Å²) in [5.74, 6) is -1.03. The summed E-state index contributed by atoms with van der Waals surface area (Å²) in [5, 5.41) is 17.6. The molecule has 0 amide bonds. The second kappa shape index (κ2) is 4.54. The standard InChI is InChI=1S/C10H9N3O3S/c1-5-6(2)12-13-8(7(5)9(14)15)17-10-11-3-4-16-10/h3-4H,1-2H3,(H,14,15). The van der Waals surface area contributed by atoms with Crippen LogP contribution in [0.25, 0.3) is 0 Å². The van der Waals surface area contributed by atoms with Crippen molar-refractivity contribution in [3.05, 3.63) is 29.3 Å². The van der Waals surface area contributed by atoms with E-state index in [1.165, 1.54) is 12.5 Å². The molecule has 1 N–H and O–H groups in total. The second-order valence-corrected chi connectivity index (χ2v) is 4.24. The van der Waals surface area contributed by atoms with E-state index in [-0.39, 0.29) is 10.6 Å². The molecule has 0 aliphatic rings. The lowest BCUT2D eigenvalue weighted by Crippen LogP contribution is -2.07. The number of aryl methyl sites for hydroxylation is 1. The largest absolute Gasteiger partial charge is 0.478 e. The van der Waals surface area contributed by atoms with Gasteiger partial charge in [0, 0.05) is 0 Å². The number of oxazole rings is 1. The summed E-state index contributed by atoms with van der Waals surface area (Å²) in [5.41, 5.74) is 1.33. The zero-order valence-electron chi connectivity index (χ0n) is 9.17. The van der Waals surface area contributed by atoms with E-state index in [9.17, 15) is 4.79 Å². The molecular weight excluding hydrogens is 242 g/mol. The molecule has 0 aromatic carbocycles. The Morgan fingerprint density at radius 1 is 1.41 bits per heavy atom. The minimum Gasteiger partial charge on any atom is -0.478 e. The highest BCUT2D eigenvalue weighted by Gasteiger charge is 2.19. The highest BCUT2D eigenvalue weighted by atomic mass is 32.2. The highest BCUT2D eigenvalue weighted by Crippen LogP contribution is 2.29. The number of nitrogens with zero attached hydrogens (tertiary/aromatic N) is 3. The van der Waals surface area contributed by atoms with Gasteiger partial charge in [0.2, 0.25) is 0 Å². The molecule has 0 saturated heterocycles. The molecule has 2 rings (SSSR count). The van der Waals surface area contributed by atoms with Gasteiger partial charge in [-0.1, -0.05) is 0 Å². The molecule has 0 bridgehead atoms. The fourth-order valence-electron chi connectivity index (χ4n) is 1.25. The number of aromatic nitrogens is 3. The zero-order valence-corrected chi connectivity index (χ0v) is 9.98.